The molecule has 1 nitrogen and oxygen atoms in total. The fraction of sp³-hybridized carbons (Fsp3) is 0.923. The molecule has 0 unspecified atom stereocenters. The number of hydrogen-bond acceptors (Lipinski definition) is 1. The van der Waals surface area contributed by atoms with Crippen molar-refractivity contribution in [1.82, 2.24) is 0 Å². The normalized spacial score (nSPS) is 19.6. The van der Waals surface area contributed by atoms with Crippen LogP contribution in [0.1, 0.15) is 65.7 Å². The first-order chi connectivity index (χ1) is 6.49. The van der Waals surface area contributed by atoms with E-state index in [2.05, 4.69) is 20.8 Å². The molecule has 0 aromatic heterocycles. The molecule has 1 rings (SSSR count). The van der Waals surface area contributed by atoms with E-state index in [9.17, 15) is 4.79 Å². The van der Waals surface area contributed by atoms with Gasteiger partial charge in [-0.3, -0.25) is 4.79 Å². The molecule has 1 fully saturated rings. The van der Waals surface area contributed by atoms with Crippen molar-refractivity contribution < 1.29 is 4.79 Å². The lowest BCUT2D eigenvalue weighted by atomic mass is 9.82. The molecule has 1 saturated carbocycles. The van der Waals surface area contributed by atoms with Gasteiger partial charge in [0.15, 0.2) is 0 Å². The Balaban J connectivity index is 2.27. The van der Waals surface area contributed by atoms with Crippen LogP contribution < -0.4 is 0 Å². The third-order valence-electron chi connectivity index (χ3n) is 3.18. The smallest absolute Gasteiger partial charge is 0.135 e. The Hall–Kier alpha value is -0.330. The molecule has 0 heterocycles. The number of Topliss-reactive ketones (excluding diaryl/α,β-unsaturated/α-hetero) is 1. The standard InChI is InChI=1S/C13H24O/c1-13(2,3)10-9-12(14)11-7-5-4-6-8-11/h11H,4-10H2,1-3H3. The highest BCUT2D eigenvalue weighted by molar-refractivity contribution is 5.81. The van der Waals surface area contributed by atoms with Crippen molar-refractivity contribution in [3.05, 3.63) is 0 Å². The summed E-state index contributed by atoms with van der Waals surface area (Å²) in [5, 5.41) is 0. The minimum absolute atomic E-state index is 0.310. The van der Waals surface area contributed by atoms with Crippen molar-refractivity contribution in [1.29, 1.82) is 0 Å². The highest BCUT2D eigenvalue weighted by Crippen LogP contribution is 2.28. The summed E-state index contributed by atoms with van der Waals surface area (Å²) < 4.78 is 0. The summed E-state index contributed by atoms with van der Waals surface area (Å²) in [5.74, 6) is 0.936. The van der Waals surface area contributed by atoms with Crippen LogP contribution >= 0.6 is 0 Å². The van der Waals surface area contributed by atoms with E-state index in [1.54, 1.807) is 0 Å². The van der Waals surface area contributed by atoms with E-state index in [0.717, 1.165) is 25.7 Å². The van der Waals surface area contributed by atoms with Crippen LogP contribution in [0.4, 0.5) is 0 Å². The van der Waals surface area contributed by atoms with Gasteiger partial charge < -0.3 is 0 Å². The van der Waals surface area contributed by atoms with E-state index >= 15 is 0 Å². The molecule has 0 radical (unpaired) electrons. The van der Waals surface area contributed by atoms with Crippen molar-refractivity contribution in [3.63, 3.8) is 0 Å². The Morgan fingerprint density at radius 2 is 1.71 bits per heavy atom. The third kappa shape index (κ3) is 4.26. The predicted molar refractivity (Wildman–Crippen MR) is 60.3 cm³/mol. The molecular formula is C13H24O. The van der Waals surface area contributed by atoms with Gasteiger partial charge in [-0.2, -0.15) is 0 Å². The van der Waals surface area contributed by atoms with Crippen molar-refractivity contribution >= 4 is 5.78 Å². The zero-order chi connectivity index (χ0) is 10.6. The van der Waals surface area contributed by atoms with Crippen LogP contribution in [0.2, 0.25) is 0 Å². The Morgan fingerprint density at radius 3 is 2.21 bits per heavy atom. The molecule has 0 atom stereocenters. The first kappa shape index (κ1) is 11.7. The average molecular weight is 196 g/mol. The lowest BCUT2D eigenvalue weighted by Crippen LogP contribution is -2.19. The fourth-order valence-corrected chi connectivity index (χ4v) is 2.13. The van der Waals surface area contributed by atoms with Gasteiger partial charge in [0, 0.05) is 12.3 Å². The van der Waals surface area contributed by atoms with E-state index in [0.29, 0.717) is 17.1 Å². The van der Waals surface area contributed by atoms with Crippen molar-refractivity contribution in [3.8, 4) is 0 Å². The number of hydrogen-bond donors (Lipinski definition) is 0. The van der Waals surface area contributed by atoms with Gasteiger partial charge in [0.05, 0.1) is 0 Å². The van der Waals surface area contributed by atoms with Crippen LogP contribution in [0.5, 0.6) is 0 Å². The minimum Gasteiger partial charge on any atom is -0.299 e. The molecule has 0 saturated heterocycles. The molecule has 1 aliphatic carbocycles. The van der Waals surface area contributed by atoms with E-state index < -0.39 is 0 Å². The Bertz CT molecular complexity index is 182. The lowest BCUT2D eigenvalue weighted by Gasteiger charge is -2.23. The summed E-state index contributed by atoms with van der Waals surface area (Å²) in [7, 11) is 0. The van der Waals surface area contributed by atoms with E-state index in [1.165, 1.54) is 19.3 Å². The zero-order valence-electron chi connectivity index (χ0n) is 9.94. The van der Waals surface area contributed by atoms with E-state index in [-0.39, 0.29) is 0 Å². The second-order valence-corrected chi connectivity index (χ2v) is 5.86. The largest absolute Gasteiger partial charge is 0.299 e. The van der Waals surface area contributed by atoms with Crippen LogP contribution in [-0.2, 0) is 4.79 Å². The van der Waals surface area contributed by atoms with Crippen molar-refractivity contribution in [2.45, 2.75) is 65.7 Å². The van der Waals surface area contributed by atoms with Gasteiger partial charge in [0.1, 0.15) is 5.78 Å². The Kier molecular flexibility index (Phi) is 4.15. The first-order valence-electron chi connectivity index (χ1n) is 6.02. The van der Waals surface area contributed by atoms with Gasteiger partial charge in [-0.05, 0) is 24.7 Å². The van der Waals surface area contributed by atoms with Gasteiger partial charge in [-0.25, -0.2) is 0 Å². The topological polar surface area (TPSA) is 17.1 Å². The molecule has 1 heteroatoms. The molecule has 0 aromatic carbocycles. The SMILES string of the molecule is CC(C)(C)CCC(=O)C1CCCCC1. The van der Waals surface area contributed by atoms with Crippen molar-refractivity contribution in [2.75, 3.05) is 0 Å². The molecular weight excluding hydrogens is 172 g/mol. The fourth-order valence-electron chi connectivity index (χ4n) is 2.13. The summed E-state index contributed by atoms with van der Waals surface area (Å²) in [6.07, 6.45) is 8.03. The highest BCUT2D eigenvalue weighted by atomic mass is 16.1. The Morgan fingerprint density at radius 1 is 1.14 bits per heavy atom. The molecule has 0 aromatic rings. The maximum atomic E-state index is 11.8. The molecule has 0 N–H and O–H groups in total. The summed E-state index contributed by atoms with van der Waals surface area (Å²) in [6, 6.07) is 0. The number of carbonyl (C=O) groups is 1. The summed E-state index contributed by atoms with van der Waals surface area (Å²) in [6.45, 7) is 6.63. The van der Waals surface area contributed by atoms with Gasteiger partial charge in [0.2, 0.25) is 0 Å². The number of ketones is 1. The minimum atomic E-state index is 0.310. The number of rotatable bonds is 3. The van der Waals surface area contributed by atoms with Gasteiger partial charge in [-0.1, -0.05) is 40.0 Å². The lowest BCUT2D eigenvalue weighted by molar-refractivity contribution is -0.124. The molecule has 14 heavy (non-hydrogen) atoms. The number of carbonyl (C=O) groups excluding carboxylic acids is 1. The summed E-state index contributed by atoms with van der Waals surface area (Å²) in [5.41, 5.74) is 0.310. The van der Waals surface area contributed by atoms with Gasteiger partial charge >= 0.3 is 0 Å². The second kappa shape index (κ2) is 4.95. The first-order valence-corrected chi connectivity index (χ1v) is 6.02. The monoisotopic (exact) mass is 196 g/mol. The molecule has 0 aliphatic heterocycles. The summed E-state index contributed by atoms with van der Waals surface area (Å²) >= 11 is 0. The Labute approximate surface area is 88.3 Å². The van der Waals surface area contributed by atoms with E-state index in [1.807, 2.05) is 0 Å². The maximum Gasteiger partial charge on any atom is 0.135 e. The van der Waals surface area contributed by atoms with Gasteiger partial charge in [0.25, 0.3) is 0 Å². The molecule has 1 aliphatic rings. The van der Waals surface area contributed by atoms with Crippen LogP contribution in [0.15, 0.2) is 0 Å². The molecule has 0 bridgehead atoms. The van der Waals surface area contributed by atoms with Gasteiger partial charge in [-0.15, -0.1) is 0 Å². The maximum absolute atomic E-state index is 11.8. The quantitative estimate of drug-likeness (QED) is 0.667. The second-order valence-electron chi connectivity index (χ2n) is 5.86. The predicted octanol–water partition coefficient (Wildman–Crippen LogP) is 3.96. The van der Waals surface area contributed by atoms with E-state index in [4.69, 9.17) is 0 Å². The van der Waals surface area contributed by atoms with Crippen molar-refractivity contribution in [2.24, 2.45) is 11.3 Å². The summed E-state index contributed by atoms with van der Waals surface area (Å²) in [4.78, 5) is 11.8. The van der Waals surface area contributed by atoms with Crippen LogP contribution in [-0.4, -0.2) is 5.78 Å². The third-order valence-corrected chi connectivity index (χ3v) is 3.18. The average Bonchev–Trinajstić information content (AvgIpc) is 2.14. The van der Waals surface area contributed by atoms with Crippen LogP contribution in [0.3, 0.4) is 0 Å². The van der Waals surface area contributed by atoms with Crippen LogP contribution in [0.25, 0.3) is 0 Å². The molecule has 82 valence electrons. The molecule has 0 amide bonds. The molecule has 0 spiro atoms. The highest BCUT2D eigenvalue weighted by Gasteiger charge is 2.22. The zero-order valence-corrected chi connectivity index (χ0v) is 9.94. The van der Waals surface area contributed by atoms with Crippen LogP contribution in [0, 0.1) is 11.3 Å².